The van der Waals surface area contributed by atoms with Gasteiger partial charge < -0.3 is 15.1 Å². The van der Waals surface area contributed by atoms with Crippen molar-refractivity contribution in [3.8, 4) is 0 Å². The zero-order valence-corrected chi connectivity index (χ0v) is 10.7. The van der Waals surface area contributed by atoms with Gasteiger partial charge >= 0.3 is 0 Å². The van der Waals surface area contributed by atoms with Gasteiger partial charge in [0.15, 0.2) is 0 Å². The van der Waals surface area contributed by atoms with E-state index >= 15 is 0 Å². The molecule has 1 N–H and O–H groups in total. The molecule has 0 spiro atoms. The molecule has 1 aromatic rings. The fourth-order valence-electron chi connectivity index (χ4n) is 2.88. The smallest absolute Gasteiger partial charge is 0.0370 e. The molecule has 2 aliphatic heterocycles. The van der Waals surface area contributed by atoms with Crippen LogP contribution in [0, 0.1) is 0 Å². The summed E-state index contributed by atoms with van der Waals surface area (Å²) in [5, 5.41) is 3.41. The first-order chi connectivity index (χ1) is 8.24. The van der Waals surface area contributed by atoms with Crippen molar-refractivity contribution in [1.29, 1.82) is 0 Å². The highest BCUT2D eigenvalue weighted by atomic mass is 15.2. The molecular weight excluding hydrogens is 210 g/mol. The largest absolute Gasteiger partial charge is 0.370 e. The molecule has 1 fully saturated rings. The highest BCUT2D eigenvalue weighted by molar-refractivity contribution is 5.53. The predicted molar refractivity (Wildman–Crippen MR) is 71.3 cm³/mol. The first-order valence-corrected chi connectivity index (χ1v) is 6.48. The lowest BCUT2D eigenvalue weighted by Crippen LogP contribution is -2.31. The molecule has 3 nitrogen and oxygen atoms in total. The summed E-state index contributed by atoms with van der Waals surface area (Å²) in [5.74, 6) is 0. The van der Waals surface area contributed by atoms with Gasteiger partial charge in [0.05, 0.1) is 0 Å². The van der Waals surface area contributed by atoms with Crippen molar-refractivity contribution in [2.75, 3.05) is 32.1 Å². The molecule has 0 aliphatic carbocycles. The third-order valence-electron chi connectivity index (χ3n) is 4.08. The Labute approximate surface area is 103 Å². The van der Waals surface area contributed by atoms with Crippen LogP contribution in [0.5, 0.6) is 0 Å². The number of anilines is 1. The van der Waals surface area contributed by atoms with E-state index in [2.05, 4.69) is 47.4 Å². The van der Waals surface area contributed by atoms with Crippen molar-refractivity contribution in [3.63, 3.8) is 0 Å². The fraction of sp³-hybridized carbons (Fsp3) is 0.571. The Hall–Kier alpha value is -1.06. The van der Waals surface area contributed by atoms with Crippen LogP contribution in [0.15, 0.2) is 18.2 Å². The molecular formula is C14H21N3. The van der Waals surface area contributed by atoms with Crippen LogP contribution in [0.25, 0.3) is 0 Å². The Bertz CT molecular complexity index is 414. The number of nitrogens with zero attached hydrogens (tertiary/aromatic N) is 2. The van der Waals surface area contributed by atoms with E-state index in [0.29, 0.717) is 6.04 Å². The van der Waals surface area contributed by atoms with Gasteiger partial charge in [0.25, 0.3) is 0 Å². The van der Waals surface area contributed by atoms with Crippen LogP contribution >= 0.6 is 0 Å². The van der Waals surface area contributed by atoms with E-state index in [1.807, 2.05) is 0 Å². The topological polar surface area (TPSA) is 18.5 Å². The van der Waals surface area contributed by atoms with Gasteiger partial charge in [-0.1, -0.05) is 6.07 Å². The molecule has 3 rings (SSSR count). The molecule has 92 valence electrons. The average molecular weight is 231 g/mol. The second-order valence-corrected chi connectivity index (χ2v) is 5.41. The molecule has 2 aliphatic rings. The Balaban J connectivity index is 1.77. The van der Waals surface area contributed by atoms with Crippen molar-refractivity contribution in [3.05, 3.63) is 29.3 Å². The summed E-state index contributed by atoms with van der Waals surface area (Å²) in [4.78, 5) is 4.86. The van der Waals surface area contributed by atoms with Gasteiger partial charge in [0.1, 0.15) is 0 Å². The number of hydrogen-bond acceptors (Lipinski definition) is 3. The van der Waals surface area contributed by atoms with E-state index in [1.165, 1.54) is 36.3 Å². The molecule has 0 unspecified atom stereocenters. The average Bonchev–Trinajstić information content (AvgIpc) is 2.97. The number of rotatable bonds is 2. The van der Waals surface area contributed by atoms with Gasteiger partial charge in [-0.2, -0.15) is 0 Å². The molecule has 0 saturated carbocycles. The van der Waals surface area contributed by atoms with E-state index in [-0.39, 0.29) is 0 Å². The summed E-state index contributed by atoms with van der Waals surface area (Å²) in [6, 6.07) is 7.65. The summed E-state index contributed by atoms with van der Waals surface area (Å²) in [6.45, 7) is 4.43. The van der Waals surface area contributed by atoms with Crippen LogP contribution in [0.2, 0.25) is 0 Å². The first-order valence-electron chi connectivity index (χ1n) is 6.48. The summed E-state index contributed by atoms with van der Waals surface area (Å²) in [7, 11) is 4.36. The number of nitrogens with one attached hydrogen (secondary N) is 1. The van der Waals surface area contributed by atoms with E-state index in [1.54, 1.807) is 0 Å². The van der Waals surface area contributed by atoms with Crippen LogP contribution in [-0.4, -0.2) is 38.1 Å². The lowest BCUT2D eigenvalue weighted by Gasteiger charge is -2.22. The molecule has 0 radical (unpaired) electrons. The maximum atomic E-state index is 3.41. The van der Waals surface area contributed by atoms with E-state index in [9.17, 15) is 0 Å². The molecule has 1 aromatic carbocycles. The molecule has 0 bridgehead atoms. The number of likely N-dealkylation sites (N-methyl/N-ethyl adjacent to an activating group) is 1. The maximum Gasteiger partial charge on any atom is 0.0370 e. The van der Waals surface area contributed by atoms with Gasteiger partial charge in [-0.3, -0.25) is 0 Å². The number of benzene rings is 1. The van der Waals surface area contributed by atoms with E-state index in [4.69, 9.17) is 0 Å². The SMILES string of the molecule is CN(C)[C@H]1CCN(c2ccc3c(c2)CNC3)C1. The van der Waals surface area contributed by atoms with Gasteiger partial charge in [0, 0.05) is 37.9 Å². The van der Waals surface area contributed by atoms with Crippen molar-refractivity contribution in [1.82, 2.24) is 10.2 Å². The standard InChI is InChI=1S/C14H21N3/c1-16(2)14-5-6-17(10-14)13-4-3-11-8-15-9-12(11)7-13/h3-4,7,14-15H,5-6,8-10H2,1-2H3/t14-/m0/s1. The lowest BCUT2D eigenvalue weighted by atomic mass is 10.1. The van der Waals surface area contributed by atoms with Gasteiger partial charge in [-0.15, -0.1) is 0 Å². The van der Waals surface area contributed by atoms with Crippen molar-refractivity contribution in [2.45, 2.75) is 25.6 Å². The second kappa shape index (κ2) is 4.31. The molecule has 1 atom stereocenters. The summed E-state index contributed by atoms with van der Waals surface area (Å²) in [5.41, 5.74) is 4.35. The van der Waals surface area contributed by atoms with Gasteiger partial charge in [-0.05, 0) is 43.8 Å². The summed E-state index contributed by atoms with van der Waals surface area (Å²) < 4.78 is 0. The quantitative estimate of drug-likeness (QED) is 0.830. The monoisotopic (exact) mass is 231 g/mol. The third-order valence-corrected chi connectivity index (χ3v) is 4.08. The molecule has 3 heteroatoms. The van der Waals surface area contributed by atoms with Gasteiger partial charge in [-0.25, -0.2) is 0 Å². The zero-order chi connectivity index (χ0) is 11.8. The first kappa shape index (κ1) is 11.1. The second-order valence-electron chi connectivity index (χ2n) is 5.41. The predicted octanol–water partition coefficient (Wildman–Crippen LogP) is 1.43. The minimum atomic E-state index is 0.710. The Morgan fingerprint density at radius 2 is 2.06 bits per heavy atom. The Morgan fingerprint density at radius 1 is 1.24 bits per heavy atom. The lowest BCUT2D eigenvalue weighted by molar-refractivity contribution is 0.315. The highest BCUT2D eigenvalue weighted by Crippen LogP contribution is 2.26. The van der Waals surface area contributed by atoms with E-state index < -0.39 is 0 Å². The van der Waals surface area contributed by atoms with Crippen molar-refractivity contribution >= 4 is 5.69 Å². The Kier molecular flexibility index (Phi) is 2.81. The highest BCUT2D eigenvalue weighted by Gasteiger charge is 2.24. The van der Waals surface area contributed by atoms with Crippen molar-refractivity contribution in [2.24, 2.45) is 0 Å². The molecule has 0 aromatic heterocycles. The number of fused-ring (bicyclic) bond motifs is 1. The minimum Gasteiger partial charge on any atom is -0.370 e. The van der Waals surface area contributed by atoms with Crippen LogP contribution in [0.3, 0.4) is 0 Å². The zero-order valence-electron chi connectivity index (χ0n) is 10.7. The normalized spacial score (nSPS) is 23.5. The molecule has 2 heterocycles. The van der Waals surface area contributed by atoms with Crippen LogP contribution < -0.4 is 10.2 Å². The third kappa shape index (κ3) is 2.05. The summed E-state index contributed by atoms with van der Waals surface area (Å²) >= 11 is 0. The molecule has 1 saturated heterocycles. The van der Waals surface area contributed by atoms with E-state index in [0.717, 1.165) is 13.1 Å². The molecule has 17 heavy (non-hydrogen) atoms. The van der Waals surface area contributed by atoms with Gasteiger partial charge in [0.2, 0.25) is 0 Å². The molecule has 0 amide bonds. The maximum absolute atomic E-state index is 3.41. The van der Waals surface area contributed by atoms with Crippen LogP contribution in [0.1, 0.15) is 17.5 Å². The minimum absolute atomic E-state index is 0.710. The summed E-state index contributed by atoms with van der Waals surface area (Å²) in [6.07, 6.45) is 1.28. The fourth-order valence-corrected chi connectivity index (χ4v) is 2.88. The van der Waals surface area contributed by atoms with Crippen LogP contribution in [-0.2, 0) is 13.1 Å². The van der Waals surface area contributed by atoms with Crippen molar-refractivity contribution < 1.29 is 0 Å². The van der Waals surface area contributed by atoms with Crippen LogP contribution in [0.4, 0.5) is 5.69 Å². The Morgan fingerprint density at radius 3 is 2.82 bits per heavy atom. The number of hydrogen-bond donors (Lipinski definition) is 1.